The number of hydrogen-bond acceptors (Lipinski definition) is 4. The maximum absolute atomic E-state index is 11.6. The van der Waals surface area contributed by atoms with Crippen molar-refractivity contribution in [1.82, 2.24) is 15.8 Å². The highest BCUT2D eigenvalue weighted by Gasteiger charge is 2.14. The van der Waals surface area contributed by atoms with E-state index >= 15 is 0 Å². The lowest BCUT2D eigenvalue weighted by atomic mass is 9.94. The first kappa shape index (κ1) is 12.1. The quantitative estimate of drug-likeness (QED) is 0.804. The summed E-state index contributed by atoms with van der Waals surface area (Å²) >= 11 is 0. The van der Waals surface area contributed by atoms with Gasteiger partial charge in [-0.3, -0.25) is 4.79 Å². The van der Waals surface area contributed by atoms with Crippen molar-refractivity contribution < 1.29 is 9.32 Å². The molecule has 2 N–H and O–H groups in total. The Morgan fingerprint density at radius 2 is 2.59 bits per heavy atom. The number of rotatable bonds is 5. The normalized spacial score (nSPS) is 20.1. The van der Waals surface area contributed by atoms with Crippen molar-refractivity contribution in [2.45, 2.75) is 32.2 Å². The minimum absolute atomic E-state index is 0.0898. The van der Waals surface area contributed by atoms with Gasteiger partial charge in [0.25, 0.3) is 0 Å². The summed E-state index contributed by atoms with van der Waals surface area (Å²) in [7, 11) is 0. The monoisotopic (exact) mass is 237 g/mol. The zero-order valence-corrected chi connectivity index (χ0v) is 9.95. The van der Waals surface area contributed by atoms with Crippen LogP contribution < -0.4 is 10.6 Å². The molecule has 1 aliphatic rings. The number of amides is 1. The van der Waals surface area contributed by atoms with Gasteiger partial charge < -0.3 is 15.2 Å². The van der Waals surface area contributed by atoms with Gasteiger partial charge in [-0.05, 0) is 38.3 Å². The van der Waals surface area contributed by atoms with Crippen LogP contribution in [0.3, 0.4) is 0 Å². The van der Waals surface area contributed by atoms with E-state index in [2.05, 4.69) is 15.8 Å². The van der Waals surface area contributed by atoms with Crippen molar-refractivity contribution in [2.24, 2.45) is 5.92 Å². The molecule has 0 spiro atoms. The van der Waals surface area contributed by atoms with Gasteiger partial charge in [0.05, 0.1) is 12.7 Å². The minimum atomic E-state index is 0.0898. The SMILES string of the molecule is O=C(CCC1CCCNC1)NCc1ccno1. The number of hydrogen-bond donors (Lipinski definition) is 2. The van der Waals surface area contributed by atoms with E-state index in [1.165, 1.54) is 12.8 Å². The van der Waals surface area contributed by atoms with Crippen molar-refractivity contribution in [3.8, 4) is 0 Å². The second kappa shape index (κ2) is 6.39. The molecule has 2 heterocycles. The van der Waals surface area contributed by atoms with E-state index in [4.69, 9.17) is 4.52 Å². The molecule has 0 radical (unpaired) electrons. The summed E-state index contributed by atoms with van der Waals surface area (Å²) in [5, 5.41) is 9.77. The van der Waals surface area contributed by atoms with Crippen LogP contribution in [0.25, 0.3) is 0 Å². The number of nitrogens with one attached hydrogen (secondary N) is 2. The molecule has 5 nitrogen and oxygen atoms in total. The summed E-state index contributed by atoms with van der Waals surface area (Å²) in [6.07, 6.45) is 5.61. The van der Waals surface area contributed by atoms with Crippen LogP contribution in [0.2, 0.25) is 0 Å². The first-order valence-electron chi connectivity index (χ1n) is 6.21. The van der Waals surface area contributed by atoms with Crippen molar-refractivity contribution in [3.63, 3.8) is 0 Å². The second-order valence-electron chi connectivity index (χ2n) is 4.51. The smallest absolute Gasteiger partial charge is 0.220 e. The lowest BCUT2D eigenvalue weighted by Gasteiger charge is -2.22. The van der Waals surface area contributed by atoms with E-state index in [0.29, 0.717) is 24.6 Å². The molecule has 1 aliphatic heterocycles. The summed E-state index contributed by atoms with van der Waals surface area (Å²) in [4.78, 5) is 11.6. The van der Waals surface area contributed by atoms with Crippen LogP contribution >= 0.6 is 0 Å². The highest BCUT2D eigenvalue weighted by Crippen LogP contribution is 2.15. The van der Waals surface area contributed by atoms with Crippen LogP contribution in [0.4, 0.5) is 0 Å². The van der Waals surface area contributed by atoms with Crippen molar-refractivity contribution >= 4 is 5.91 Å². The Hall–Kier alpha value is -1.36. The first-order chi connectivity index (χ1) is 8.34. The van der Waals surface area contributed by atoms with Crippen LogP contribution in [-0.2, 0) is 11.3 Å². The van der Waals surface area contributed by atoms with Crippen LogP contribution in [-0.4, -0.2) is 24.2 Å². The molecule has 17 heavy (non-hydrogen) atoms. The zero-order chi connectivity index (χ0) is 11.9. The molecule has 1 aromatic heterocycles. The summed E-state index contributed by atoms with van der Waals surface area (Å²) in [6, 6.07) is 1.76. The molecular weight excluding hydrogens is 218 g/mol. The second-order valence-corrected chi connectivity index (χ2v) is 4.51. The fourth-order valence-corrected chi connectivity index (χ4v) is 2.11. The fourth-order valence-electron chi connectivity index (χ4n) is 2.11. The van der Waals surface area contributed by atoms with Crippen LogP contribution in [0.1, 0.15) is 31.4 Å². The molecule has 0 aromatic carbocycles. The number of piperidine rings is 1. The number of aromatic nitrogens is 1. The molecule has 0 saturated carbocycles. The summed E-state index contributed by atoms with van der Waals surface area (Å²) in [6.45, 7) is 2.60. The highest BCUT2D eigenvalue weighted by atomic mass is 16.5. The predicted molar refractivity (Wildman–Crippen MR) is 63.2 cm³/mol. The van der Waals surface area contributed by atoms with Crippen molar-refractivity contribution in [1.29, 1.82) is 0 Å². The van der Waals surface area contributed by atoms with E-state index in [0.717, 1.165) is 19.5 Å². The van der Waals surface area contributed by atoms with Gasteiger partial charge in [0.15, 0.2) is 5.76 Å². The fraction of sp³-hybridized carbons (Fsp3) is 0.667. The van der Waals surface area contributed by atoms with Gasteiger partial charge in [0, 0.05) is 12.5 Å². The van der Waals surface area contributed by atoms with Crippen molar-refractivity contribution in [2.75, 3.05) is 13.1 Å². The van der Waals surface area contributed by atoms with Crippen LogP contribution in [0, 0.1) is 5.92 Å². The molecule has 1 aromatic rings. The number of carbonyl (C=O) groups is 1. The van der Waals surface area contributed by atoms with Crippen molar-refractivity contribution in [3.05, 3.63) is 18.0 Å². The third kappa shape index (κ3) is 4.19. The molecule has 1 fully saturated rings. The molecule has 1 atom stereocenters. The molecule has 1 unspecified atom stereocenters. The van der Waals surface area contributed by atoms with Gasteiger partial charge in [-0.1, -0.05) is 5.16 Å². The van der Waals surface area contributed by atoms with E-state index in [1.54, 1.807) is 12.3 Å². The van der Waals surface area contributed by atoms with E-state index in [-0.39, 0.29) is 5.91 Å². The molecule has 94 valence electrons. The Balaban J connectivity index is 1.60. The Morgan fingerprint density at radius 1 is 1.65 bits per heavy atom. The average molecular weight is 237 g/mol. The van der Waals surface area contributed by atoms with Gasteiger partial charge in [-0.25, -0.2) is 0 Å². The van der Waals surface area contributed by atoms with Gasteiger partial charge in [-0.2, -0.15) is 0 Å². The van der Waals surface area contributed by atoms with E-state index in [9.17, 15) is 4.79 Å². The molecule has 0 bridgehead atoms. The lowest BCUT2D eigenvalue weighted by molar-refractivity contribution is -0.121. The maximum atomic E-state index is 11.6. The summed E-state index contributed by atoms with van der Waals surface area (Å²) in [5.41, 5.74) is 0. The number of nitrogens with zero attached hydrogens (tertiary/aromatic N) is 1. The Labute approximate surface area is 101 Å². The van der Waals surface area contributed by atoms with Gasteiger partial charge in [-0.15, -0.1) is 0 Å². The van der Waals surface area contributed by atoms with Gasteiger partial charge in [0.1, 0.15) is 0 Å². The Bertz CT molecular complexity index is 332. The standard InChI is InChI=1S/C12H19N3O2/c16-12(14-9-11-5-7-15-17-11)4-3-10-2-1-6-13-8-10/h5,7,10,13H,1-4,6,8-9H2,(H,14,16). The maximum Gasteiger partial charge on any atom is 0.220 e. The topological polar surface area (TPSA) is 67.2 Å². The van der Waals surface area contributed by atoms with E-state index in [1.807, 2.05) is 0 Å². The highest BCUT2D eigenvalue weighted by molar-refractivity contribution is 5.75. The van der Waals surface area contributed by atoms with Crippen LogP contribution in [0.5, 0.6) is 0 Å². The molecule has 0 aliphatic carbocycles. The summed E-state index contributed by atoms with van der Waals surface area (Å²) in [5.74, 6) is 1.43. The Kier molecular flexibility index (Phi) is 4.55. The van der Waals surface area contributed by atoms with E-state index < -0.39 is 0 Å². The number of carbonyl (C=O) groups excluding carboxylic acids is 1. The lowest BCUT2D eigenvalue weighted by Crippen LogP contribution is -2.31. The largest absolute Gasteiger partial charge is 0.360 e. The molecule has 5 heteroatoms. The van der Waals surface area contributed by atoms with Gasteiger partial charge in [0.2, 0.25) is 5.91 Å². The third-order valence-electron chi connectivity index (χ3n) is 3.13. The molecular formula is C12H19N3O2. The predicted octanol–water partition coefficient (Wildman–Crippen LogP) is 1.07. The van der Waals surface area contributed by atoms with Crippen LogP contribution in [0.15, 0.2) is 16.8 Å². The molecule has 1 saturated heterocycles. The molecule has 1 amide bonds. The average Bonchev–Trinajstić information content (AvgIpc) is 2.88. The molecule has 2 rings (SSSR count). The third-order valence-corrected chi connectivity index (χ3v) is 3.13. The Morgan fingerprint density at radius 3 is 3.29 bits per heavy atom. The summed E-state index contributed by atoms with van der Waals surface area (Å²) < 4.78 is 4.90. The van der Waals surface area contributed by atoms with Gasteiger partial charge >= 0.3 is 0 Å². The first-order valence-corrected chi connectivity index (χ1v) is 6.21. The minimum Gasteiger partial charge on any atom is -0.360 e. The zero-order valence-electron chi connectivity index (χ0n) is 9.95.